The second kappa shape index (κ2) is 13.3. The Balaban J connectivity index is 1.10. The van der Waals surface area contributed by atoms with Gasteiger partial charge in [-0.15, -0.1) is 0 Å². The average Bonchev–Trinajstić information content (AvgIpc) is 3.68. The highest BCUT2D eigenvalue weighted by Crippen LogP contribution is 2.45. The number of hydrogen-bond acceptors (Lipinski definition) is 1. The van der Waals surface area contributed by atoms with Gasteiger partial charge >= 0.3 is 0 Å². The van der Waals surface area contributed by atoms with Crippen LogP contribution in [0.4, 0.5) is 11.4 Å². The quantitative estimate of drug-likeness (QED) is 0.162. The molecule has 0 spiro atoms. The maximum atomic E-state index is 2.37. The molecule has 0 bridgehead atoms. The average molecular weight is 683 g/mol. The molecule has 2 heteroatoms. The fourth-order valence-electron chi connectivity index (χ4n) is 8.26. The second-order valence-electron chi connectivity index (χ2n) is 14.8. The molecule has 0 atom stereocenters. The molecule has 53 heavy (non-hydrogen) atoms. The number of para-hydroxylation sites is 2. The first-order chi connectivity index (χ1) is 25.9. The van der Waals surface area contributed by atoms with E-state index in [0.717, 1.165) is 23.5 Å². The smallest absolute Gasteiger partial charge is 0.0541 e. The van der Waals surface area contributed by atoms with Crippen LogP contribution in [0, 0.1) is 0 Å². The molecule has 1 aromatic heterocycles. The van der Waals surface area contributed by atoms with Crippen LogP contribution in [0.15, 0.2) is 194 Å². The lowest BCUT2D eigenvalue weighted by Gasteiger charge is -2.26. The standard InChI is InChI=1S/C51H42N2/c1-36(22-23-41-35-51(2,3)48-20-12-10-18-45(41)48)52(43-29-24-38(25-30-43)37-14-6-4-7-15-37)44-31-26-39(27-32-44)40-28-33-50-47(34-40)46-19-11-13-21-49(46)53(50)42-16-8-5-9-17-42/h4-34H,35H2,1-3H3/b36-22+,41-23+. The number of nitrogens with zero attached hydrogens (tertiary/aromatic N) is 2. The van der Waals surface area contributed by atoms with E-state index in [-0.39, 0.29) is 5.41 Å². The fourth-order valence-corrected chi connectivity index (χ4v) is 8.26. The van der Waals surface area contributed by atoms with Crippen molar-refractivity contribution in [3.8, 4) is 27.9 Å². The van der Waals surface area contributed by atoms with Crippen LogP contribution in [0.2, 0.25) is 0 Å². The molecule has 0 fully saturated rings. The summed E-state index contributed by atoms with van der Waals surface area (Å²) in [6.07, 6.45) is 5.66. The van der Waals surface area contributed by atoms with Crippen molar-refractivity contribution in [3.63, 3.8) is 0 Å². The van der Waals surface area contributed by atoms with Gasteiger partial charge in [-0.2, -0.15) is 0 Å². The molecule has 9 rings (SSSR count). The van der Waals surface area contributed by atoms with E-state index in [1.165, 1.54) is 66.4 Å². The molecule has 0 saturated carbocycles. The first kappa shape index (κ1) is 32.5. The van der Waals surface area contributed by atoms with Gasteiger partial charge in [0.2, 0.25) is 0 Å². The summed E-state index contributed by atoms with van der Waals surface area (Å²) in [5.74, 6) is 0. The number of rotatable bonds is 7. The Morgan fingerprint density at radius 3 is 1.81 bits per heavy atom. The van der Waals surface area contributed by atoms with Gasteiger partial charge in [0.15, 0.2) is 0 Å². The Morgan fingerprint density at radius 2 is 1.09 bits per heavy atom. The molecule has 7 aromatic carbocycles. The van der Waals surface area contributed by atoms with Gasteiger partial charge in [-0.25, -0.2) is 0 Å². The SMILES string of the molecule is C/C(=C\C=C1/CC(C)(C)c2ccccc21)N(c1ccc(-c2ccccc2)cc1)c1ccc(-c2ccc3c(c2)c2ccccc2n3-c2ccccc2)cc1. The third kappa shape index (κ3) is 5.97. The number of hydrogen-bond donors (Lipinski definition) is 0. The van der Waals surface area contributed by atoms with Crippen LogP contribution in [0.25, 0.3) is 55.3 Å². The first-order valence-corrected chi connectivity index (χ1v) is 18.6. The largest absolute Gasteiger partial charge is 0.315 e. The van der Waals surface area contributed by atoms with Crippen molar-refractivity contribution in [1.82, 2.24) is 4.57 Å². The van der Waals surface area contributed by atoms with E-state index in [1.807, 2.05) is 0 Å². The van der Waals surface area contributed by atoms with Crippen molar-refractivity contribution in [3.05, 3.63) is 205 Å². The second-order valence-corrected chi connectivity index (χ2v) is 14.8. The Kier molecular flexibility index (Phi) is 8.16. The molecule has 1 aliphatic rings. The summed E-state index contributed by atoms with van der Waals surface area (Å²) in [6.45, 7) is 6.92. The normalized spacial score (nSPS) is 14.5. The third-order valence-electron chi connectivity index (χ3n) is 10.9. The lowest BCUT2D eigenvalue weighted by Crippen LogP contribution is -2.14. The molecular weight excluding hydrogens is 641 g/mol. The van der Waals surface area contributed by atoms with E-state index in [2.05, 4.69) is 218 Å². The van der Waals surface area contributed by atoms with E-state index in [0.29, 0.717) is 0 Å². The number of benzene rings is 7. The first-order valence-electron chi connectivity index (χ1n) is 18.6. The summed E-state index contributed by atoms with van der Waals surface area (Å²) in [5, 5.41) is 2.52. The van der Waals surface area contributed by atoms with E-state index in [4.69, 9.17) is 0 Å². The highest BCUT2D eigenvalue weighted by molar-refractivity contribution is 6.10. The molecule has 0 saturated heterocycles. The molecule has 0 amide bonds. The van der Waals surface area contributed by atoms with Gasteiger partial charge in [0.05, 0.1) is 11.0 Å². The molecule has 1 heterocycles. The highest BCUT2D eigenvalue weighted by Gasteiger charge is 2.32. The van der Waals surface area contributed by atoms with Gasteiger partial charge in [-0.3, -0.25) is 0 Å². The summed E-state index contributed by atoms with van der Waals surface area (Å²) in [5.41, 5.74) is 16.2. The molecule has 0 N–H and O–H groups in total. The van der Waals surface area contributed by atoms with Crippen LogP contribution in [-0.4, -0.2) is 4.57 Å². The Hall–Kier alpha value is -6.38. The fraction of sp³-hybridized carbons (Fsp3) is 0.0980. The highest BCUT2D eigenvalue weighted by atomic mass is 15.1. The van der Waals surface area contributed by atoms with Gasteiger partial charge in [-0.05, 0) is 118 Å². The van der Waals surface area contributed by atoms with Crippen LogP contribution in [0.5, 0.6) is 0 Å². The lowest BCUT2D eigenvalue weighted by atomic mass is 9.86. The van der Waals surface area contributed by atoms with Crippen LogP contribution in [0.1, 0.15) is 38.3 Å². The zero-order chi connectivity index (χ0) is 35.9. The zero-order valence-corrected chi connectivity index (χ0v) is 30.5. The van der Waals surface area contributed by atoms with Crippen LogP contribution >= 0.6 is 0 Å². The molecule has 0 aliphatic heterocycles. The number of fused-ring (bicyclic) bond motifs is 4. The molecule has 0 radical (unpaired) electrons. The van der Waals surface area contributed by atoms with Crippen molar-refractivity contribution >= 4 is 38.8 Å². The Labute approximate surface area is 312 Å². The number of anilines is 2. The van der Waals surface area contributed by atoms with Crippen LogP contribution in [-0.2, 0) is 5.41 Å². The van der Waals surface area contributed by atoms with Crippen LogP contribution < -0.4 is 4.90 Å². The number of allylic oxidation sites excluding steroid dienone is 4. The van der Waals surface area contributed by atoms with Crippen molar-refractivity contribution in [1.29, 1.82) is 0 Å². The number of aromatic nitrogens is 1. The van der Waals surface area contributed by atoms with Gasteiger partial charge in [0.25, 0.3) is 0 Å². The van der Waals surface area contributed by atoms with E-state index in [9.17, 15) is 0 Å². The zero-order valence-electron chi connectivity index (χ0n) is 30.5. The van der Waals surface area contributed by atoms with Crippen molar-refractivity contribution in [2.24, 2.45) is 0 Å². The van der Waals surface area contributed by atoms with Crippen molar-refractivity contribution < 1.29 is 0 Å². The topological polar surface area (TPSA) is 8.17 Å². The molecule has 2 nitrogen and oxygen atoms in total. The molecule has 256 valence electrons. The Morgan fingerprint density at radius 1 is 0.547 bits per heavy atom. The van der Waals surface area contributed by atoms with Crippen molar-refractivity contribution in [2.45, 2.75) is 32.6 Å². The van der Waals surface area contributed by atoms with E-state index < -0.39 is 0 Å². The third-order valence-corrected chi connectivity index (χ3v) is 10.9. The lowest BCUT2D eigenvalue weighted by molar-refractivity contribution is 0.563. The van der Waals surface area contributed by atoms with Gasteiger partial charge in [0.1, 0.15) is 0 Å². The van der Waals surface area contributed by atoms with Gasteiger partial charge in [-0.1, -0.05) is 141 Å². The van der Waals surface area contributed by atoms with Crippen LogP contribution in [0.3, 0.4) is 0 Å². The molecular formula is C51H42N2. The monoisotopic (exact) mass is 682 g/mol. The van der Waals surface area contributed by atoms with Gasteiger partial charge < -0.3 is 9.47 Å². The summed E-state index contributed by atoms with van der Waals surface area (Å²) in [6, 6.07) is 63.7. The predicted octanol–water partition coefficient (Wildman–Crippen LogP) is 13.9. The molecule has 1 aliphatic carbocycles. The Bertz CT molecular complexity index is 2640. The summed E-state index contributed by atoms with van der Waals surface area (Å²) >= 11 is 0. The molecule has 0 unspecified atom stereocenters. The summed E-state index contributed by atoms with van der Waals surface area (Å²) in [7, 11) is 0. The minimum absolute atomic E-state index is 0.131. The minimum Gasteiger partial charge on any atom is -0.315 e. The van der Waals surface area contributed by atoms with Crippen molar-refractivity contribution in [2.75, 3.05) is 4.90 Å². The summed E-state index contributed by atoms with van der Waals surface area (Å²) < 4.78 is 2.37. The maximum absolute atomic E-state index is 2.37. The summed E-state index contributed by atoms with van der Waals surface area (Å²) in [4.78, 5) is 2.37. The predicted molar refractivity (Wildman–Crippen MR) is 226 cm³/mol. The maximum Gasteiger partial charge on any atom is 0.0541 e. The molecule has 8 aromatic rings. The van der Waals surface area contributed by atoms with E-state index >= 15 is 0 Å². The van der Waals surface area contributed by atoms with E-state index in [1.54, 1.807) is 0 Å². The minimum atomic E-state index is 0.131. The van der Waals surface area contributed by atoms with Gasteiger partial charge in [0, 0.05) is 33.5 Å².